The van der Waals surface area contributed by atoms with E-state index in [1.54, 1.807) is 0 Å². The average Bonchev–Trinajstić information content (AvgIpc) is 2.66. The van der Waals surface area contributed by atoms with E-state index in [2.05, 4.69) is 20.9 Å². The van der Waals surface area contributed by atoms with Crippen LogP contribution in [0.3, 0.4) is 0 Å². The first-order valence-corrected chi connectivity index (χ1v) is 9.62. The standard InChI is InChI=1S/C12H15BrF4N2O2S2/c1-7(4-12(15,16)17)23(20,21)5-11(2,19-6-18)10-8(14)3-9(13)22-10/h3,6-7H,4-5H2,1-2H3,(H2,18,19). The molecule has 1 heterocycles. The van der Waals surface area contributed by atoms with Gasteiger partial charge in [-0.3, -0.25) is 4.99 Å². The zero-order chi connectivity index (χ0) is 18.1. The lowest BCUT2D eigenvalue weighted by Gasteiger charge is -2.26. The third-order valence-corrected chi connectivity index (χ3v) is 7.34. The van der Waals surface area contributed by atoms with Crippen LogP contribution in [0.15, 0.2) is 14.8 Å². The van der Waals surface area contributed by atoms with Crippen LogP contribution in [0.4, 0.5) is 17.6 Å². The zero-order valence-corrected chi connectivity index (χ0v) is 15.4. The van der Waals surface area contributed by atoms with Crippen LogP contribution >= 0.6 is 27.3 Å². The molecule has 0 aliphatic rings. The molecule has 0 spiro atoms. The molecule has 1 aromatic heterocycles. The lowest BCUT2D eigenvalue weighted by molar-refractivity contribution is -0.133. The van der Waals surface area contributed by atoms with Gasteiger partial charge in [0.25, 0.3) is 0 Å². The van der Waals surface area contributed by atoms with Crippen LogP contribution in [0.5, 0.6) is 0 Å². The second-order valence-electron chi connectivity index (χ2n) is 5.22. The van der Waals surface area contributed by atoms with Gasteiger partial charge in [0, 0.05) is 0 Å². The molecule has 0 radical (unpaired) electrons. The maximum absolute atomic E-state index is 14.0. The Morgan fingerprint density at radius 2 is 2.04 bits per heavy atom. The summed E-state index contributed by atoms with van der Waals surface area (Å²) in [7, 11) is -4.19. The molecule has 2 unspecified atom stereocenters. The second kappa shape index (κ2) is 7.06. The molecule has 1 aromatic rings. The minimum absolute atomic E-state index is 0.0196. The van der Waals surface area contributed by atoms with E-state index in [0.717, 1.165) is 30.7 Å². The normalized spacial score (nSPS) is 17.3. The van der Waals surface area contributed by atoms with Gasteiger partial charge in [-0.1, -0.05) is 0 Å². The molecule has 0 fully saturated rings. The van der Waals surface area contributed by atoms with Crippen molar-refractivity contribution in [2.24, 2.45) is 10.7 Å². The maximum Gasteiger partial charge on any atom is 0.390 e. The van der Waals surface area contributed by atoms with Gasteiger partial charge in [0.05, 0.1) is 32.4 Å². The van der Waals surface area contributed by atoms with Crippen molar-refractivity contribution in [3.05, 3.63) is 20.5 Å². The zero-order valence-electron chi connectivity index (χ0n) is 12.2. The quantitative estimate of drug-likeness (QED) is 0.418. The predicted molar refractivity (Wildman–Crippen MR) is 85.9 cm³/mol. The number of alkyl halides is 3. The average molecular weight is 439 g/mol. The van der Waals surface area contributed by atoms with Gasteiger partial charge in [0.1, 0.15) is 11.4 Å². The lowest BCUT2D eigenvalue weighted by Crippen LogP contribution is -2.36. The fraction of sp³-hybridized carbons (Fsp3) is 0.583. The molecule has 4 nitrogen and oxygen atoms in total. The lowest BCUT2D eigenvalue weighted by atomic mass is 10.0. The summed E-state index contributed by atoms with van der Waals surface area (Å²) >= 11 is 3.98. The molecule has 0 aliphatic heterocycles. The molecular weight excluding hydrogens is 424 g/mol. The van der Waals surface area contributed by atoms with Crippen molar-refractivity contribution in [2.75, 3.05) is 5.75 Å². The van der Waals surface area contributed by atoms with Crippen LogP contribution < -0.4 is 5.73 Å². The first-order chi connectivity index (χ1) is 10.3. The Morgan fingerprint density at radius 1 is 1.48 bits per heavy atom. The van der Waals surface area contributed by atoms with Crippen molar-refractivity contribution in [1.82, 2.24) is 0 Å². The third kappa shape index (κ3) is 5.42. The van der Waals surface area contributed by atoms with Crippen LogP contribution in [-0.4, -0.2) is 31.9 Å². The molecule has 0 aliphatic carbocycles. The van der Waals surface area contributed by atoms with E-state index >= 15 is 0 Å². The van der Waals surface area contributed by atoms with Gasteiger partial charge in [0.2, 0.25) is 0 Å². The molecule has 0 aromatic carbocycles. The highest BCUT2D eigenvalue weighted by molar-refractivity contribution is 9.11. The van der Waals surface area contributed by atoms with Crippen LogP contribution in [0.2, 0.25) is 0 Å². The smallest absolute Gasteiger partial charge is 0.390 e. The largest absolute Gasteiger partial charge is 0.390 e. The number of nitrogens with two attached hydrogens (primary N) is 1. The van der Waals surface area contributed by atoms with E-state index in [1.807, 2.05) is 0 Å². The number of hydrogen-bond donors (Lipinski definition) is 1. The van der Waals surface area contributed by atoms with Crippen molar-refractivity contribution in [3.8, 4) is 0 Å². The Bertz CT molecular complexity index is 688. The van der Waals surface area contributed by atoms with Crippen molar-refractivity contribution in [1.29, 1.82) is 0 Å². The molecule has 0 saturated carbocycles. The summed E-state index contributed by atoms with van der Waals surface area (Å²) < 4.78 is 76.2. The summed E-state index contributed by atoms with van der Waals surface area (Å²) in [5.74, 6) is -1.48. The number of halogens is 5. The van der Waals surface area contributed by atoms with Gasteiger partial charge < -0.3 is 5.73 Å². The summed E-state index contributed by atoms with van der Waals surface area (Å²) in [6, 6.07) is 1.13. The van der Waals surface area contributed by atoms with Crippen molar-refractivity contribution in [2.45, 2.75) is 37.2 Å². The highest BCUT2D eigenvalue weighted by atomic mass is 79.9. The maximum atomic E-state index is 14.0. The monoisotopic (exact) mass is 438 g/mol. The Hall–Kier alpha value is -0.680. The molecule has 23 heavy (non-hydrogen) atoms. The minimum atomic E-state index is -4.61. The SMILES string of the molecule is CC(CC(F)(F)F)S(=O)(=O)CC(C)(N=CN)c1sc(Br)cc1F. The summed E-state index contributed by atoms with van der Waals surface area (Å²) in [5.41, 5.74) is 3.61. The Morgan fingerprint density at radius 3 is 2.43 bits per heavy atom. The summed E-state index contributed by atoms with van der Waals surface area (Å²) in [4.78, 5) is 3.79. The van der Waals surface area contributed by atoms with Crippen LogP contribution in [0.25, 0.3) is 0 Å². The van der Waals surface area contributed by atoms with Gasteiger partial charge >= 0.3 is 6.18 Å². The molecule has 0 bridgehead atoms. The van der Waals surface area contributed by atoms with Crippen LogP contribution in [0.1, 0.15) is 25.1 Å². The molecule has 132 valence electrons. The van der Waals surface area contributed by atoms with Gasteiger partial charge in [-0.05, 0) is 35.8 Å². The van der Waals surface area contributed by atoms with Gasteiger partial charge in [-0.15, -0.1) is 11.3 Å². The minimum Gasteiger partial charge on any atom is -0.390 e. The number of nitrogens with zero attached hydrogens (tertiary/aromatic N) is 1. The van der Waals surface area contributed by atoms with Crippen LogP contribution in [-0.2, 0) is 15.4 Å². The number of thiophene rings is 1. The van der Waals surface area contributed by atoms with E-state index in [1.165, 1.54) is 6.92 Å². The molecule has 0 saturated heterocycles. The molecule has 2 N–H and O–H groups in total. The highest BCUT2D eigenvalue weighted by Crippen LogP contribution is 2.38. The summed E-state index contributed by atoms with van der Waals surface area (Å²) in [5, 5.41) is -1.67. The van der Waals surface area contributed by atoms with Crippen molar-refractivity contribution < 1.29 is 26.0 Å². The fourth-order valence-corrected chi connectivity index (χ4v) is 5.39. The fourth-order valence-electron chi connectivity index (χ4n) is 2.02. The van der Waals surface area contributed by atoms with Crippen LogP contribution in [0, 0.1) is 5.82 Å². The highest BCUT2D eigenvalue weighted by Gasteiger charge is 2.41. The molecule has 0 amide bonds. The number of aliphatic imine (C=N–C) groups is 1. The van der Waals surface area contributed by atoms with E-state index < -0.39 is 44.8 Å². The van der Waals surface area contributed by atoms with Crippen molar-refractivity contribution in [3.63, 3.8) is 0 Å². The van der Waals surface area contributed by atoms with Gasteiger partial charge in [0.15, 0.2) is 9.84 Å². The summed E-state index contributed by atoms with van der Waals surface area (Å²) in [6.07, 6.45) is -5.28. The molecular formula is C12H15BrF4N2O2S2. The first kappa shape index (κ1) is 20.4. The number of rotatable bonds is 6. The Balaban J connectivity index is 3.20. The second-order valence-corrected chi connectivity index (χ2v) is 10.1. The summed E-state index contributed by atoms with van der Waals surface area (Å²) in [6.45, 7) is 2.28. The number of hydrogen-bond acceptors (Lipinski definition) is 4. The first-order valence-electron chi connectivity index (χ1n) is 6.30. The van der Waals surface area contributed by atoms with E-state index in [-0.39, 0.29) is 4.88 Å². The van der Waals surface area contributed by atoms with Gasteiger partial charge in [-0.2, -0.15) is 13.2 Å². The van der Waals surface area contributed by atoms with Crippen molar-refractivity contribution >= 4 is 43.4 Å². The topological polar surface area (TPSA) is 72.5 Å². The van der Waals surface area contributed by atoms with E-state index in [4.69, 9.17) is 5.73 Å². The predicted octanol–water partition coefficient (Wildman–Crippen LogP) is 3.61. The van der Waals surface area contributed by atoms with Gasteiger partial charge in [-0.25, -0.2) is 12.8 Å². The Labute approximate surface area is 143 Å². The molecule has 2 atom stereocenters. The molecule has 1 rings (SSSR count). The third-order valence-electron chi connectivity index (χ3n) is 3.12. The van der Waals surface area contributed by atoms with E-state index in [9.17, 15) is 26.0 Å². The number of sulfone groups is 1. The Kier molecular flexibility index (Phi) is 6.25. The molecule has 11 heteroatoms. The van der Waals surface area contributed by atoms with E-state index in [0.29, 0.717) is 3.79 Å².